The van der Waals surface area contributed by atoms with Crippen molar-refractivity contribution in [1.82, 2.24) is 5.32 Å². The lowest BCUT2D eigenvalue weighted by Gasteiger charge is -2.11. The minimum atomic E-state index is -0.176. The van der Waals surface area contributed by atoms with E-state index in [0.29, 0.717) is 5.56 Å². The molecule has 0 aliphatic heterocycles. The van der Waals surface area contributed by atoms with E-state index in [0.717, 1.165) is 12.2 Å². The molecule has 0 fully saturated rings. The Labute approximate surface area is 131 Å². The Morgan fingerprint density at radius 3 is 2.73 bits per heavy atom. The van der Waals surface area contributed by atoms with E-state index in [-0.39, 0.29) is 19.1 Å². The number of hydrogen-bond donors (Lipinski definition) is 3. The molecule has 0 saturated heterocycles. The standard InChI is InChI=1S/C18H22N2O2/c1-13-6-7-14(2)16(10-13)12-20-17-5-3-4-15(11-17)18(22)19-8-9-21/h3-7,10-11,20-21H,8-9,12H2,1-2H3,(H,19,22). The maximum atomic E-state index is 11.9. The maximum Gasteiger partial charge on any atom is 0.251 e. The number of amides is 1. The zero-order valence-electron chi connectivity index (χ0n) is 13.0. The van der Waals surface area contributed by atoms with Crippen molar-refractivity contribution in [2.75, 3.05) is 18.5 Å². The number of nitrogens with one attached hydrogen (secondary N) is 2. The van der Waals surface area contributed by atoms with Crippen LogP contribution in [0.5, 0.6) is 0 Å². The van der Waals surface area contributed by atoms with Gasteiger partial charge in [0.1, 0.15) is 0 Å². The van der Waals surface area contributed by atoms with Crippen LogP contribution >= 0.6 is 0 Å². The Balaban J connectivity index is 2.04. The average molecular weight is 298 g/mol. The average Bonchev–Trinajstić information content (AvgIpc) is 2.53. The molecule has 2 aromatic rings. The predicted molar refractivity (Wildman–Crippen MR) is 89.1 cm³/mol. The molecule has 0 aromatic heterocycles. The van der Waals surface area contributed by atoms with Gasteiger partial charge in [0.2, 0.25) is 0 Å². The zero-order chi connectivity index (χ0) is 15.9. The molecule has 4 heteroatoms. The van der Waals surface area contributed by atoms with Gasteiger partial charge in [-0.3, -0.25) is 4.79 Å². The zero-order valence-corrected chi connectivity index (χ0v) is 13.0. The fraction of sp³-hybridized carbons (Fsp3) is 0.278. The summed E-state index contributed by atoms with van der Waals surface area (Å²) in [6.07, 6.45) is 0. The molecule has 2 aromatic carbocycles. The first-order valence-corrected chi connectivity index (χ1v) is 7.39. The van der Waals surface area contributed by atoms with Gasteiger partial charge in [-0.15, -0.1) is 0 Å². The molecule has 0 atom stereocenters. The van der Waals surface area contributed by atoms with Crippen LogP contribution in [-0.2, 0) is 6.54 Å². The molecular formula is C18H22N2O2. The highest BCUT2D eigenvalue weighted by Crippen LogP contribution is 2.15. The van der Waals surface area contributed by atoms with Crippen LogP contribution in [0.15, 0.2) is 42.5 Å². The van der Waals surface area contributed by atoms with Crippen LogP contribution in [0.3, 0.4) is 0 Å². The SMILES string of the molecule is Cc1ccc(C)c(CNc2cccc(C(=O)NCCO)c2)c1. The molecule has 22 heavy (non-hydrogen) atoms. The van der Waals surface area contributed by atoms with Crippen LogP contribution in [0.2, 0.25) is 0 Å². The lowest BCUT2D eigenvalue weighted by atomic mass is 10.1. The molecule has 0 aliphatic carbocycles. The number of carbonyl (C=O) groups is 1. The highest BCUT2D eigenvalue weighted by molar-refractivity contribution is 5.95. The van der Waals surface area contributed by atoms with Crippen molar-refractivity contribution in [3.8, 4) is 0 Å². The maximum absolute atomic E-state index is 11.9. The van der Waals surface area contributed by atoms with E-state index < -0.39 is 0 Å². The van der Waals surface area contributed by atoms with Crippen molar-refractivity contribution in [2.24, 2.45) is 0 Å². The largest absolute Gasteiger partial charge is 0.395 e. The lowest BCUT2D eigenvalue weighted by molar-refractivity contribution is 0.0945. The van der Waals surface area contributed by atoms with Gasteiger partial charge < -0.3 is 15.7 Å². The Bertz CT molecular complexity index is 653. The van der Waals surface area contributed by atoms with Gasteiger partial charge in [-0.25, -0.2) is 0 Å². The first-order chi connectivity index (χ1) is 10.6. The summed E-state index contributed by atoms with van der Waals surface area (Å²) < 4.78 is 0. The van der Waals surface area contributed by atoms with Crippen molar-refractivity contribution < 1.29 is 9.90 Å². The van der Waals surface area contributed by atoms with Crippen LogP contribution in [-0.4, -0.2) is 24.2 Å². The van der Waals surface area contributed by atoms with Crippen LogP contribution in [0, 0.1) is 13.8 Å². The smallest absolute Gasteiger partial charge is 0.251 e. The molecule has 0 heterocycles. The summed E-state index contributed by atoms with van der Waals surface area (Å²) in [5.41, 5.74) is 5.21. The molecule has 0 saturated carbocycles. The number of aliphatic hydroxyl groups is 1. The van der Waals surface area contributed by atoms with Gasteiger partial charge in [-0.1, -0.05) is 29.8 Å². The van der Waals surface area contributed by atoms with Gasteiger partial charge in [-0.2, -0.15) is 0 Å². The summed E-state index contributed by atoms with van der Waals surface area (Å²) in [5, 5.41) is 14.7. The Morgan fingerprint density at radius 2 is 1.95 bits per heavy atom. The third-order valence-corrected chi connectivity index (χ3v) is 3.51. The number of benzene rings is 2. The van der Waals surface area contributed by atoms with Gasteiger partial charge in [-0.05, 0) is 43.2 Å². The Kier molecular flexibility index (Phi) is 5.55. The number of rotatable bonds is 6. The normalized spacial score (nSPS) is 10.3. The summed E-state index contributed by atoms with van der Waals surface area (Å²) in [6.45, 7) is 5.09. The van der Waals surface area contributed by atoms with Crippen LogP contribution in [0.4, 0.5) is 5.69 Å². The molecule has 2 rings (SSSR count). The number of aliphatic hydroxyl groups excluding tert-OH is 1. The summed E-state index contributed by atoms with van der Waals surface area (Å²) in [4.78, 5) is 11.9. The fourth-order valence-corrected chi connectivity index (χ4v) is 2.23. The van der Waals surface area contributed by atoms with Gasteiger partial charge in [0.05, 0.1) is 6.61 Å². The van der Waals surface area contributed by atoms with Crippen LogP contribution < -0.4 is 10.6 Å². The first kappa shape index (κ1) is 16.0. The van der Waals surface area contributed by atoms with E-state index in [2.05, 4.69) is 42.7 Å². The van der Waals surface area contributed by atoms with E-state index in [1.807, 2.05) is 18.2 Å². The molecule has 0 radical (unpaired) electrons. The van der Waals surface area contributed by atoms with Gasteiger partial charge in [0.15, 0.2) is 0 Å². The second-order valence-corrected chi connectivity index (χ2v) is 5.34. The lowest BCUT2D eigenvalue weighted by Crippen LogP contribution is -2.26. The minimum Gasteiger partial charge on any atom is -0.395 e. The second-order valence-electron chi connectivity index (χ2n) is 5.34. The summed E-state index contributed by atoms with van der Waals surface area (Å²) in [6, 6.07) is 13.7. The van der Waals surface area contributed by atoms with Gasteiger partial charge in [0.25, 0.3) is 5.91 Å². The monoisotopic (exact) mass is 298 g/mol. The molecule has 0 unspecified atom stereocenters. The third kappa shape index (κ3) is 4.33. The molecule has 3 N–H and O–H groups in total. The fourth-order valence-electron chi connectivity index (χ4n) is 2.23. The molecule has 0 aliphatic rings. The van der Waals surface area contributed by atoms with E-state index in [1.54, 1.807) is 6.07 Å². The Morgan fingerprint density at radius 1 is 1.14 bits per heavy atom. The number of hydrogen-bond acceptors (Lipinski definition) is 3. The third-order valence-electron chi connectivity index (χ3n) is 3.51. The minimum absolute atomic E-state index is 0.0592. The van der Waals surface area contributed by atoms with E-state index in [1.165, 1.54) is 16.7 Å². The highest BCUT2D eigenvalue weighted by Gasteiger charge is 2.05. The number of anilines is 1. The summed E-state index contributed by atoms with van der Waals surface area (Å²) in [7, 11) is 0. The predicted octanol–water partition coefficient (Wildman–Crippen LogP) is 2.64. The van der Waals surface area contributed by atoms with Crippen LogP contribution in [0.25, 0.3) is 0 Å². The van der Waals surface area contributed by atoms with Gasteiger partial charge in [0, 0.05) is 24.3 Å². The van der Waals surface area contributed by atoms with Crippen molar-refractivity contribution in [2.45, 2.75) is 20.4 Å². The second kappa shape index (κ2) is 7.61. The number of carbonyl (C=O) groups excluding carboxylic acids is 1. The summed E-state index contributed by atoms with van der Waals surface area (Å²) in [5.74, 6) is -0.176. The molecule has 0 bridgehead atoms. The first-order valence-electron chi connectivity index (χ1n) is 7.39. The topological polar surface area (TPSA) is 61.4 Å². The Hall–Kier alpha value is -2.33. The van der Waals surface area contributed by atoms with Crippen molar-refractivity contribution in [3.05, 3.63) is 64.7 Å². The molecule has 1 amide bonds. The molecule has 4 nitrogen and oxygen atoms in total. The van der Waals surface area contributed by atoms with Crippen molar-refractivity contribution in [3.63, 3.8) is 0 Å². The molecule has 116 valence electrons. The van der Waals surface area contributed by atoms with E-state index >= 15 is 0 Å². The van der Waals surface area contributed by atoms with Gasteiger partial charge >= 0.3 is 0 Å². The molecule has 0 spiro atoms. The summed E-state index contributed by atoms with van der Waals surface area (Å²) >= 11 is 0. The quantitative estimate of drug-likeness (QED) is 0.768. The highest BCUT2D eigenvalue weighted by atomic mass is 16.3. The van der Waals surface area contributed by atoms with E-state index in [9.17, 15) is 4.79 Å². The van der Waals surface area contributed by atoms with Crippen molar-refractivity contribution in [1.29, 1.82) is 0 Å². The van der Waals surface area contributed by atoms with Crippen LogP contribution in [0.1, 0.15) is 27.0 Å². The van der Waals surface area contributed by atoms with Crippen molar-refractivity contribution >= 4 is 11.6 Å². The number of aryl methyl sites for hydroxylation is 2. The molecular weight excluding hydrogens is 276 g/mol. The van der Waals surface area contributed by atoms with E-state index in [4.69, 9.17) is 5.11 Å².